The number of hydrogen-bond donors (Lipinski definition) is 0. The summed E-state index contributed by atoms with van der Waals surface area (Å²) in [5, 5.41) is 4.47. The molecule has 0 spiro atoms. The number of halogens is 1. The Kier molecular flexibility index (Phi) is 6.53. The number of benzene rings is 3. The Labute approximate surface area is 221 Å². The molecule has 188 valence electrons. The second-order valence-corrected chi connectivity index (χ2v) is 10.2. The van der Waals surface area contributed by atoms with Crippen LogP contribution in [0.5, 0.6) is 0 Å². The van der Waals surface area contributed by atoms with Crippen LogP contribution < -0.4 is 0 Å². The summed E-state index contributed by atoms with van der Waals surface area (Å²) in [4.78, 5) is 37.1. The molecular weight excluding hydrogens is 484 g/mol. The summed E-state index contributed by atoms with van der Waals surface area (Å²) in [6.07, 6.45) is 3.44. The number of fused-ring (bicyclic) bond motifs is 2. The molecule has 4 aromatic rings. The standard InChI is InChI=1S/C30H29ClN4O2/c31-28-26(10-5-13-32-28)29(36)34-14-11-23(12-15-34)33-16-18-35(19-17-33)30(37)27-24-8-3-1-6-21(24)20-22-7-2-4-9-25(22)27/h1-10,13,20,23H,11-12,14-19H2. The minimum Gasteiger partial charge on any atom is -0.338 e. The summed E-state index contributed by atoms with van der Waals surface area (Å²) in [6.45, 7) is 4.52. The first kappa shape index (κ1) is 23.9. The molecule has 7 heteroatoms. The Morgan fingerprint density at radius 3 is 1.95 bits per heavy atom. The van der Waals surface area contributed by atoms with Crippen molar-refractivity contribution >= 4 is 45.0 Å². The lowest BCUT2D eigenvalue weighted by molar-refractivity contribution is 0.0414. The first-order valence-electron chi connectivity index (χ1n) is 12.9. The quantitative estimate of drug-likeness (QED) is 0.283. The molecule has 0 radical (unpaired) electrons. The van der Waals surface area contributed by atoms with Gasteiger partial charge in [0.1, 0.15) is 5.15 Å². The van der Waals surface area contributed by atoms with Crippen molar-refractivity contribution in [3.63, 3.8) is 0 Å². The van der Waals surface area contributed by atoms with Crippen molar-refractivity contribution < 1.29 is 9.59 Å². The van der Waals surface area contributed by atoms with Gasteiger partial charge >= 0.3 is 0 Å². The highest BCUT2D eigenvalue weighted by Crippen LogP contribution is 2.30. The Bertz CT molecular complexity index is 1420. The van der Waals surface area contributed by atoms with Crippen LogP contribution in [0.2, 0.25) is 5.15 Å². The number of nitrogens with zero attached hydrogens (tertiary/aromatic N) is 4. The summed E-state index contributed by atoms with van der Waals surface area (Å²) < 4.78 is 0. The number of rotatable bonds is 3. The third kappa shape index (κ3) is 4.56. The predicted molar refractivity (Wildman–Crippen MR) is 147 cm³/mol. The molecule has 2 amide bonds. The fourth-order valence-corrected chi connectivity index (χ4v) is 6.04. The van der Waals surface area contributed by atoms with Gasteiger partial charge in [-0.3, -0.25) is 14.5 Å². The van der Waals surface area contributed by atoms with Crippen LogP contribution in [0, 0.1) is 0 Å². The summed E-state index contributed by atoms with van der Waals surface area (Å²) in [7, 11) is 0. The summed E-state index contributed by atoms with van der Waals surface area (Å²) >= 11 is 6.14. The molecule has 1 aromatic heterocycles. The van der Waals surface area contributed by atoms with Crippen molar-refractivity contribution in [2.45, 2.75) is 18.9 Å². The lowest BCUT2D eigenvalue weighted by atomic mass is 9.95. The first-order chi connectivity index (χ1) is 18.1. The second-order valence-electron chi connectivity index (χ2n) is 9.89. The highest BCUT2D eigenvalue weighted by atomic mass is 35.5. The minimum absolute atomic E-state index is 0.0470. The van der Waals surface area contributed by atoms with Gasteiger partial charge in [0.05, 0.1) is 11.1 Å². The molecule has 0 atom stereocenters. The van der Waals surface area contributed by atoms with Crippen LogP contribution in [0.25, 0.3) is 21.5 Å². The fraction of sp³-hybridized carbons (Fsp3) is 0.300. The van der Waals surface area contributed by atoms with Gasteiger partial charge in [-0.25, -0.2) is 4.98 Å². The van der Waals surface area contributed by atoms with E-state index in [-0.39, 0.29) is 17.0 Å². The maximum absolute atomic E-state index is 13.8. The van der Waals surface area contributed by atoms with Crippen molar-refractivity contribution in [3.8, 4) is 0 Å². The van der Waals surface area contributed by atoms with Crippen molar-refractivity contribution in [1.29, 1.82) is 0 Å². The fourth-order valence-electron chi connectivity index (χ4n) is 5.84. The molecule has 3 heterocycles. The number of pyridine rings is 1. The average Bonchev–Trinajstić information content (AvgIpc) is 2.95. The van der Waals surface area contributed by atoms with E-state index in [0.717, 1.165) is 53.0 Å². The second kappa shape index (κ2) is 10.1. The van der Waals surface area contributed by atoms with E-state index in [1.54, 1.807) is 18.3 Å². The zero-order valence-corrected chi connectivity index (χ0v) is 21.4. The maximum atomic E-state index is 13.8. The third-order valence-corrected chi connectivity index (χ3v) is 8.15. The van der Waals surface area contributed by atoms with E-state index < -0.39 is 0 Å². The monoisotopic (exact) mass is 512 g/mol. The van der Waals surface area contributed by atoms with Gasteiger partial charge in [0.15, 0.2) is 0 Å². The molecule has 3 aromatic carbocycles. The molecule has 0 N–H and O–H groups in total. The molecule has 6 rings (SSSR count). The molecule has 2 saturated heterocycles. The largest absolute Gasteiger partial charge is 0.338 e. The molecule has 37 heavy (non-hydrogen) atoms. The predicted octanol–water partition coefficient (Wildman–Crippen LogP) is 5.10. The normalized spacial score (nSPS) is 17.4. The van der Waals surface area contributed by atoms with Crippen LogP contribution in [-0.2, 0) is 0 Å². The molecule has 0 unspecified atom stereocenters. The van der Waals surface area contributed by atoms with Crippen molar-refractivity contribution in [2.24, 2.45) is 0 Å². The van der Waals surface area contributed by atoms with Crippen LogP contribution in [0.15, 0.2) is 72.9 Å². The molecule has 0 saturated carbocycles. The van der Waals surface area contributed by atoms with E-state index in [1.807, 2.05) is 34.1 Å². The molecule has 2 aliphatic rings. The molecule has 0 bridgehead atoms. The van der Waals surface area contributed by atoms with Gasteiger partial charge in [0, 0.05) is 51.5 Å². The third-order valence-electron chi connectivity index (χ3n) is 7.84. The highest BCUT2D eigenvalue weighted by molar-refractivity contribution is 6.32. The number of carbonyl (C=O) groups excluding carboxylic acids is 2. The highest BCUT2D eigenvalue weighted by Gasteiger charge is 2.32. The smallest absolute Gasteiger partial charge is 0.256 e. The van der Waals surface area contributed by atoms with E-state index in [1.165, 1.54) is 0 Å². The van der Waals surface area contributed by atoms with Gasteiger partial charge in [-0.2, -0.15) is 0 Å². The number of amides is 2. The van der Waals surface area contributed by atoms with Gasteiger partial charge in [-0.05, 0) is 52.6 Å². The number of likely N-dealkylation sites (tertiary alicyclic amines) is 1. The SMILES string of the molecule is O=C(c1cccnc1Cl)N1CCC(N2CCN(C(=O)c3c4ccccc4cc4ccccc34)CC2)CC1. The van der Waals surface area contributed by atoms with E-state index >= 15 is 0 Å². The van der Waals surface area contributed by atoms with Crippen molar-refractivity contribution in [3.05, 3.63) is 89.2 Å². The van der Waals surface area contributed by atoms with Crippen molar-refractivity contribution in [2.75, 3.05) is 39.3 Å². The molecule has 0 aliphatic carbocycles. The Hall–Kier alpha value is -3.48. The van der Waals surface area contributed by atoms with E-state index in [0.29, 0.717) is 37.8 Å². The Morgan fingerprint density at radius 1 is 0.730 bits per heavy atom. The van der Waals surface area contributed by atoms with E-state index in [4.69, 9.17) is 11.6 Å². The van der Waals surface area contributed by atoms with Crippen LogP contribution in [0.1, 0.15) is 33.6 Å². The maximum Gasteiger partial charge on any atom is 0.256 e. The summed E-state index contributed by atoms with van der Waals surface area (Å²) in [5.41, 5.74) is 1.28. The van der Waals surface area contributed by atoms with E-state index in [9.17, 15) is 9.59 Å². The number of piperazine rings is 1. The molecule has 6 nitrogen and oxygen atoms in total. The van der Waals surface area contributed by atoms with Gasteiger partial charge in [0.2, 0.25) is 0 Å². The zero-order chi connectivity index (χ0) is 25.4. The van der Waals surface area contributed by atoms with Crippen LogP contribution in [-0.4, -0.2) is 76.8 Å². The van der Waals surface area contributed by atoms with Crippen LogP contribution in [0.4, 0.5) is 0 Å². The summed E-state index contributed by atoms with van der Waals surface area (Å²) in [6, 6.07) is 22.4. The van der Waals surface area contributed by atoms with Crippen LogP contribution in [0.3, 0.4) is 0 Å². The van der Waals surface area contributed by atoms with Gasteiger partial charge < -0.3 is 9.80 Å². The van der Waals surface area contributed by atoms with Crippen molar-refractivity contribution in [1.82, 2.24) is 19.7 Å². The molecular formula is C30H29ClN4O2. The van der Waals surface area contributed by atoms with Gasteiger partial charge in [-0.15, -0.1) is 0 Å². The van der Waals surface area contributed by atoms with Crippen LogP contribution >= 0.6 is 11.6 Å². The average molecular weight is 513 g/mol. The zero-order valence-electron chi connectivity index (χ0n) is 20.6. The summed E-state index contributed by atoms with van der Waals surface area (Å²) in [5.74, 6) is 0.0655. The molecule has 2 aliphatic heterocycles. The lowest BCUT2D eigenvalue weighted by Crippen LogP contribution is -2.54. The Morgan fingerprint density at radius 2 is 1.32 bits per heavy atom. The number of carbonyl (C=O) groups is 2. The lowest BCUT2D eigenvalue weighted by Gasteiger charge is -2.43. The van der Waals surface area contributed by atoms with Gasteiger partial charge in [-0.1, -0.05) is 60.1 Å². The number of aromatic nitrogens is 1. The minimum atomic E-state index is -0.0470. The topological polar surface area (TPSA) is 56.8 Å². The van der Waals surface area contributed by atoms with Gasteiger partial charge in [0.25, 0.3) is 11.8 Å². The number of hydrogen-bond acceptors (Lipinski definition) is 4. The number of piperidine rings is 1. The van der Waals surface area contributed by atoms with E-state index in [2.05, 4.69) is 40.2 Å². The Balaban J connectivity index is 1.12. The molecule has 2 fully saturated rings. The first-order valence-corrected chi connectivity index (χ1v) is 13.3.